The quantitative estimate of drug-likeness (QED) is 0.0295. The molecular weight excluding hydrogens is 987 g/mol. The summed E-state index contributed by atoms with van der Waals surface area (Å²) in [6.07, 6.45) is 15.3. The minimum atomic E-state index is -1.97. The Hall–Kier alpha value is -1.99. The molecule has 76 heavy (non-hydrogen) atoms. The molecule has 19 heteroatoms. The predicted molar refractivity (Wildman–Crippen MR) is 286 cm³/mol. The molecule has 17 atom stereocenters. The first-order valence-corrected chi connectivity index (χ1v) is 29.2. The third-order valence-electron chi connectivity index (χ3n) is 14.7. The van der Waals surface area contributed by atoms with Crippen molar-refractivity contribution in [2.24, 2.45) is 0 Å². The van der Waals surface area contributed by atoms with E-state index in [0.717, 1.165) is 77.0 Å². The Morgan fingerprint density at radius 1 is 0.474 bits per heavy atom. The molecule has 3 aliphatic rings. The molecule has 3 heterocycles. The second-order valence-electron chi connectivity index (χ2n) is 21.1. The van der Waals surface area contributed by atoms with E-state index in [1.54, 1.807) is 0 Å². The second kappa shape index (κ2) is 41.1. The highest BCUT2D eigenvalue weighted by Gasteiger charge is 2.53. The molecule has 3 aliphatic heterocycles. The Labute approximate surface area is 453 Å². The first kappa shape index (κ1) is 68.3. The van der Waals surface area contributed by atoms with Gasteiger partial charge in [0.05, 0.1) is 38.6 Å². The maximum atomic E-state index is 13.3. The summed E-state index contributed by atoms with van der Waals surface area (Å²) in [5.41, 5.74) is 0. The number of carbonyl (C=O) groups is 1. The van der Waals surface area contributed by atoms with Crippen LogP contribution in [-0.2, 0) is 33.2 Å². The van der Waals surface area contributed by atoms with Crippen LogP contribution in [0.1, 0.15) is 187 Å². The number of carbonyl (C=O) groups excluding carboxylic acids is 1. The summed E-state index contributed by atoms with van der Waals surface area (Å²) in [5.74, 6) is -0.258. The van der Waals surface area contributed by atoms with Crippen molar-refractivity contribution in [2.45, 2.75) is 291 Å². The minimum absolute atomic E-state index is 0.251. The summed E-state index contributed by atoms with van der Waals surface area (Å²) in [7, 11) is 0. The number of aliphatic hydroxyl groups excluding tert-OH is 11. The van der Waals surface area contributed by atoms with Gasteiger partial charge in [-0.3, -0.25) is 4.79 Å². The van der Waals surface area contributed by atoms with Crippen LogP contribution in [0.5, 0.6) is 0 Å². The molecule has 3 saturated heterocycles. The third kappa shape index (κ3) is 25.2. The van der Waals surface area contributed by atoms with Crippen molar-refractivity contribution in [1.29, 1.82) is 0 Å². The molecule has 17 unspecified atom stereocenters. The van der Waals surface area contributed by atoms with Crippen molar-refractivity contribution in [2.75, 3.05) is 26.4 Å². The first-order chi connectivity index (χ1) is 36.8. The van der Waals surface area contributed by atoms with E-state index in [2.05, 4.69) is 55.6 Å². The topological polar surface area (TPSA) is 307 Å². The Bertz CT molecular complexity index is 1540. The monoisotopic (exact) mass is 1090 g/mol. The highest BCUT2D eigenvalue weighted by molar-refractivity contribution is 5.76. The van der Waals surface area contributed by atoms with Gasteiger partial charge in [0, 0.05) is 6.42 Å². The number of allylic oxidation sites excluding steroid dienone is 6. The van der Waals surface area contributed by atoms with Gasteiger partial charge in [0.15, 0.2) is 18.9 Å². The zero-order valence-electron chi connectivity index (χ0n) is 46.0. The van der Waals surface area contributed by atoms with E-state index >= 15 is 0 Å². The fraction of sp³-hybridized carbons (Fsp3) is 0.877. The molecule has 0 aromatic heterocycles. The number of unbranched alkanes of at least 4 members (excludes halogenated alkanes) is 20. The Morgan fingerprint density at radius 3 is 1.36 bits per heavy atom. The van der Waals surface area contributed by atoms with E-state index in [1.165, 1.54) is 77.0 Å². The summed E-state index contributed by atoms with van der Waals surface area (Å²) in [5, 5.41) is 120. The van der Waals surface area contributed by atoms with E-state index in [4.69, 9.17) is 28.4 Å². The number of ether oxygens (including phenoxy) is 6. The molecule has 0 aromatic carbocycles. The van der Waals surface area contributed by atoms with Crippen LogP contribution in [0.3, 0.4) is 0 Å². The summed E-state index contributed by atoms with van der Waals surface area (Å²) in [6, 6.07) is -0.892. The van der Waals surface area contributed by atoms with Crippen LogP contribution in [0, 0.1) is 0 Å². The molecule has 0 spiro atoms. The van der Waals surface area contributed by atoms with Crippen molar-refractivity contribution >= 4 is 5.91 Å². The standard InChI is InChI=1S/C57H103NO18/c1-3-5-7-9-11-13-15-16-17-18-19-20-21-22-23-24-25-27-29-31-33-35-45(63)58-40(41(62)34-32-30-28-26-14-12-10-8-6-4-2)39-71-55-51(69)48(66)53(43(37-60)73-55)76-57-52(70)49(67)54(44(38-61)74-57)75-56-50(68)47(65)46(64)42(36-59)72-56/h15-16,18-19,21-22,40-44,46-57,59-62,64-70H,3-14,17,20,23-39H2,1-2H3,(H,58,63)/b16-15-,19-18-,22-21-. The fourth-order valence-electron chi connectivity index (χ4n) is 9.85. The van der Waals surface area contributed by atoms with E-state index in [9.17, 15) is 61.0 Å². The molecule has 0 aromatic rings. The van der Waals surface area contributed by atoms with Crippen molar-refractivity contribution in [3.63, 3.8) is 0 Å². The number of rotatable bonds is 42. The van der Waals surface area contributed by atoms with Crippen molar-refractivity contribution < 1.29 is 89.4 Å². The average Bonchev–Trinajstić information content (AvgIpc) is 3.42. The van der Waals surface area contributed by atoms with Gasteiger partial charge in [-0.1, -0.05) is 166 Å². The van der Waals surface area contributed by atoms with E-state index in [0.29, 0.717) is 12.8 Å². The Kier molecular flexibility index (Phi) is 36.9. The lowest BCUT2D eigenvalue weighted by Gasteiger charge is -2.48. The van der Waals surface area contributed by atoms with Gasteiger partial charge in [0.25, 0.3) is 0 Å². The zero-order valence-corrected chi connectivity index (χ0v) is 46.0. The summed E-state index contributed by atoms with van der Waals surface area (Å²) in [4.78, 5) is 13.3. The SMILES string of the molecule is CCCCCCC/C=C\C/C=C\C/C=C\CCCCCCCCC(=O)NC(COC1OC(CO)C(OC2OC(CO)C(OC3OC(CO)C(O)C(O)C3O)C(O)C2O)C(O)C1O)C(O)CCCCCCCCCCCC. The smallest absolute Gasteiger partial charge is 0.220 e. The Balaban J connectivity index is 1.48. The lowest BCUT2D eigenvalue weighted by molar-refractivity contribution is -0.379. The van der Waals surface area contributed by atoms with Gasteiger partial charge in [0.1, 0.15) is 73.2 Å². The van der Waals surface area contributed by atoms with Gasteiger partial charge in [-0.15, -0.1) is 0 Å². The highest BCUT2D eigenvalue weighted by Crippen LogP contribution is 2.33. The summed E-state index contributed by atoms with van der Waals surface area (Å²) in [6.45, 7) is 1.73. The Morgan fingerprint density at radius 2 is 0.868 bits per heavy atom. The molecule has 0 saturated carbocycles. The van der Waals surface area contributed by atoms with Crippen molar-refractivity contribution in [1.82, 2.24) is 5.32 Å². The molecule has 0 aliphatic carbocycles. The van der Waals surface area contributed by atoms with Crippen LogP contribution in [0.15, 0.2) is 36.5 Å². The summed E-state index contributed by atoms with van der Waals surface area (Å²) < 4.78 is 34.2. The van der Waals surface area contributed by atoms with Crippen LogP contribution in [-0.4, -0.2) is 193 Å². The molecule has 19 nitrogen and oxygen atoms in total. The number of nitrogens with one attached hydrogen (secondary N) is 1. The van der Waals surface area contributed by atoms with E-state index in [-0.39, 0.29) is 18.9 Å². The van der Waals surface area contributed by atoms with Gasteiger partial charge in [-0.25, -0.2) is 0 Å². The van der Waals surface area contributed by atoms with Crippen molar-refractivity contribution in [3.8, 4) is 0 Å². The normalized spacial score (nSPS) is 31.2. The van der Waals surface area contributed by atoms with Crippen LogP contribution < -0.4 is 5.32 Å². The van der Waals surface area contributed by atoms with Crippen LogP contribution in [0.4, 0.5) is 0 Å². The fourth-order valence-corrected chi connectivity index (χ4v) is 9.85. The third-order valence-corrected chi connectivity index (χ3v) is 14.7. The number of hydrogen-bond acceptors (Lipinski definition) is 18. The lowest BCUT2D eigenvalue weighted by atomic mass is 9.96. The largest absolute Gasteiger partial charge is 0.394 e. The van der Waals surface area contributed by atoms with Gasteiger partial charge < -0.3 is 89.9 Å². The van der Waals surface area contributed by atoms with Gasteiger partial charge in [-0.05, 0) is 51.4 Å². The second-order valence-corrected chi connectivity index (χ2v) is 21.1. The van der Waals surface area contributed by atoms with Gasteiger partial charge in [-0.2, -0.15) is 0 Å². The highest BCUT2D eigenvalue weighted by atomic mass is 16.8. The van der Waals surface area contributed by atoms with Crippen LogP contribution in [0.25, 0.3) is 0 Å². The number of hydrogen-bond donors (Lipinski definition) is 12. The maximum Gasteiger partial charge on any atom is 0.220 e. The van der Waals surface area contributed by atoms with E-state index in [1.807, 2.05) is 0 Å². The van der Waals surface area contributed by atoms with Crippen LogP contribution >= 0.6 is 0 Å². The molecular formula is C57H103NO18. The zero-order chi connectivity index (χ0) is 55.5. The van der Waals surface area contributed by atoms with Gasteiger partial charge in [0.2, 0.25) is 5.91 Å². The predicted octanol–water partition coefficient (Wildman–Crippen LogP) is 4.54. The molecule has 1 amide bonds. The molecule has 0 radical (unpaired) electrons. The molecule has 3 fully saturated rings. The minimum Gasteiger partial charge on any atom is -0.394 e. The maximum absolute atomic E-state index is 13.3. The molecule has 3 rings (SSSR count). The first-order valence-electron chi connectivity index (χ1n) is 29.2. The van der Waals surface area contributed by atoms with E-state index < -0.39 is 124 Å². The molecule has 0 bridgehead atoms. The van der Waals surface area contributed by atoms with Crippen molar-refractivity contribution in [3.05, 3.63) is 36.5 Å². The number of amides is 1. The molecule has 444 valence electrons. The van der Waals surface area contributed by atoms with Gasteiger partial charge >= 0.3 is 0 Å². The lowest BCUT2D eigenvalue weighted by Crippen LogP contribution is -2.66. The summed E-state index contributed by atoms with van der Waals surface area (Å²) >= 11 is 0. The molecule has 12 N–H and O–H groups in total. The number of aliphatic hydroxyl groups is 11. The average molecular weight is 1090 g/mol. The van der Waals surface area contributed by atoms with Crippen LogP contribution in [0.2, 0.25) is 0 Å².